The minimum Gasteiger partial charge on any atom is -0.338 e. The summed E-state index contributed by atoms with van der Waals surface area (Å²) < 4.78 is 0. The van der Waals surface area contributed by atoms with Crippen LogP contribution in [0, 0.1) is 17.8 Å². The number of aromatic nitrogens is 1. The van der Waals surface area contributed by atoms with E-state index in [1.165, 1.54) is 0 Å². The first kappa shape index (κ1) is 12.6. The molecule has 94 valence electrons. The number of pyridine rings is 1. The Morgan fingerprint density at radius 2 is 2.44 bits per heavy atom. The molecule has 4 heteroatoms. The summed E-state index contributed by atoms with van der Waals surface area (Å²) in [5.74, 6) is 6.28. The quantitative estimate of drug-likeness (QED) is 0.745. The van der Waals surface area contributed by atoms with E-state index >= 15 is 0 Å². The first-order valence-electron chi connectivity index (χ1n) is 6.14. The van der Waals surface area contributed by atoms with E-state index < -0.39 is 0 Å². The topological polar surface area (TPSA) is 59.2 Å². The fourth-order valence-electron chi connectivity index (χ4n) is 2.08. The summed E-state index contributed by atoms with van der Waals surface area (Å²) in [5.41, 5.74) is 6.66. The number of amides is 1. The van der Waals surface area contributed by atoms with Crippen molar-refractivity contribution in [3.8, 4) is 11.8 Å². The van der Waals surface area contributed by atoms with Gasteiger partial charge in [0.25, 0.3) is 5.91 Å². The predicted octanol–water partition coefficient (Wildman–Crippen LogP) is 0.874. The molecule has 4 nitrogen and oxygen atoms in total. The number of nitrogens with two attached hydrogens (primary N) is 1. The lowest BCUT2D eigenvalue weighted by molar-refractivity contribution is 0.0787. The van der Waals surface area contributed by atoms with Crippen molar-refractivity contribution in [2.45, 2.75) is 13.3 Å². The molecule has 1 aromatic heterocycles. The molecule has 18 heavy (non-hydrogen) atoms. The molecule has 0 spiro atoms. The minimum atomic E-state index is 0.0447. The lowest BCUT2D eigenvalue weighted by atomic mass is 10.1. The van der Waals surface area contributed by atoms with Crippen LogP contribution in [0.4, 0.5) is 0 Å². The SMILES string of the molecule is CC1CCN(C(=O)c2cncc(C#CCN)c2)C1. The Kier molecular flexibility index (Phi) is 3.96. The highest BCUT2D eigenvalue weighted by Crippen LogP contribution is 2.17. The molecule has 0 aromatic carbocycles. The number of likely N-dealkylation sites (tertiary alicyclic amines) is 1. The van der Waals surface area contributed by atoms with E-state index in [4.69, 9.17) is 5.73 Å². The second-order valence-electron chi connectivity index (χ2n) is 4.61. The number of rotatable bonds is 1. The van der Waals surface area contributed by atoms with E-state index in [1.807, 2.05) is 4.90 Å². The number of hydrogen-bond acceptors (Lipinski definition) is 3. The maximum atomic E-state index is 12.2. The maximum absolute atomic E-state index is 12.2. The normalized spacial score (nSPS) is 18.3. The Morgan fingerprint density at radius 3 is 3.11 bits per heavy atom. The van der Waals surface area contributed by atoms with E-state index in [0.717, 1.165) is 25.1 Å². The maximum Gasteiger partial charge on any atom is 0.255 e. The second kappa shape index (κ2) is 5.65. The van der Waals surface area contributed by atoms with Crippen molar-refractivity contribution in [3.63, 3.8) is 0 Å². The van der Waals surface area contributed by atoms with Crippen LogP contribution in [0.25, 0.3) is 0 Å². The Bertz CT molecular complexity index is 501. The van der Waals surface area contributed by atoms with Crippen molar-refractivity contribution in [1.29, 1.82) is 0 Å². The third-order valence-electron chi connectivity index (χ3n) is 3.03. The highest BCUT2D eigenvalue weighted by atomic mass is 16.2. The van der Waals surface area contributed by atoms with Crippen LogP contribution in [-0.2, 0) is 0 Å². The van der Waals surface area contributed by atoms with Crippen molar-refractivity contribution in [2.75, 3.05) is 19.6 Å². The largest absolute Gasteiger partial charge is 0.338 e. The molecule has 1 aromatic rings. The van der Waals surface area contributed by atoms with Gasteiger partial charge in [0.1, 0.15) is 0 Å². The summed E-state index contributed by atoms with van der Waals surface area (Å²) in [4.78, 5) is 18.2. The number of hydrogen-bond donors (Lipinski definition) is 1. The van der Waals surface area contributed by atoms with Gasteiger partial charge in [0.15, 0.2) is 0 Å². The minimum absolute atomic E-state index is 0.0447. The van der Waals surface area contributed by atoms with Crippen molar-refractivity contribution in [3.05, 3.63) is 29.6 Å². The van der Waals surface area contributed by atoms with E-state index in [0.29, 0.717) is 18.0 Å². The molecular weight excluding hydrogens is 226 g/mol. The van der Waals surface area contributed by atoms with Crippen molar-refractivity contribution in [2.24, 2.45) is 11.7 Å². The zero-order valence-electron chi connectivity index (χ0n) is 10.5. The Hall–Kier alpha value is -1.86. The summed E-state index contributed by atoms with van der Waals surface area (Å²) in [7, 11) is 0. The van der Waals surface area contributed by atoms with Gasteiger partial charge in [-0.3, -0.25) is 9.78 Å². The van der Waals surface area contributed by atoms with Crippen LogP contribution >= 0.6 is 0 Å². The monoisotopic (exact) mass is 243 g/mol. The van der Waals surface area contributed by atoms with Crippen LogP contribution in [-0.4, -0.2) is 35.4 Å². The Labute approximate surface area is 107 Å². The Balaban J connectivity index is 2.15. The fourth-order valence-corrected chi connectivity index (χ4v) is 2.08. The van der Waals surface area contributed by atoms with Crippen LogP contribution in [0.5, 0.6) is 0 Å². The average molecular weight is 243 g/mol. The molecule has 2 heterocycles. The standard InChI is InChI=1S/C14H17N3O/c1-11-4-6-17(10-11)14(18)13-7-12(3-2-5-15)8-16-9-13/h7-9,11H,4-6,10,15H2,1H3. The van der Waals surface area contributed by atoms with E-state index in [2.05, 4.69) is 23.7 Å². The lowest BCUT2D eigenvalue weighted by Crippen LogP contribution is -2.28. The van der Waals surface area contributed by atoms with Crippen LogP contribution in [0.1, 0.15) is 29.3 Å². The molecular formula is C14H17N3O. The zero-order chi connectivity index (χ0) is 13.0. The van der Waals surface area contributed by atoms with Gasteiger partial charge >= 0.3 is 0 Å². The first-order valence-corrected chi connectivity index (χ1v) is 6.14. The molecule has 0 aliphatic carbocycles. The molecule has 1 aliphatic rings. The fraction of sp³-hybridized carbons (Fsp3) is 0.429. The Morgan fingerprint density at radius 1 is 1.61 bits per heavy atom. The highest BCUT2D eigenvalue weighted by molar-refractivity contribution is 5.94. The van der Waals surface area contributed by atoms with Crippen molar-refractivity contribution in [1.82, 2.24) is 9.88 Å². The molecule has 1 saturated heterocycles. The molecule has 1 unspecified atom stereocenters. The first-order chi connectivity index (χ1) is 8.70. The van der Waals surface area contributed by atoms with Crippen LogP contribution in [0.3, 0.4) is 0 Å². The van der Waals surface area contributed by atoms with Gasteiger partial charge in [-0.1, -0.05) is 18.8 Å². The summed E-state index contributed by atoms with van der Waals surface area (Å²) in [5, 5.41) is 0. The molecule has 2 N–H and O–H groups in total. The number of carbonyl (C=O) groups is 1. The third-order valence-corrected chi connectivity index (χ3v) is 3.03. The summed E-state index contributed by atoms with van der Waals surface area (Å²) in [6, 6.07) is 1.78. The van der Waals surface area contributed by atoms with Gasteiger partial charge in [-0.15, -0.1) is 0 Å². The van der Waals surface area contributed by atoms with Gasteiger partial charge in [-0.25, -0.2) is 0 Å². The van der Waals surface area contributed by atoms with Gasteiger partial charge < -0.3 is 10.6 Å². The summed E-state index contributed by atoms with van der Waals surface area (Å²) in [6.45, 7) is 4.13. The van der Waals surface area contributed by atoms with Gasteiger partial charge in [-0.2, -0.15) is 0 Å². The highest BCUT2D eigenvalue weighted by Gasteiger charge is 2.24. The molecule has 2 rings (SSSR count). The smallest absolute Gasteiger partial charge is 0.255 e. The van der Waals surface area contributed by atoms with Crippen LogP contribution < -0.4 is 5.73 Å². The molecule has 0 saturated carbocycles. The van der Waals surface area contributed by atoms with E-state index in [1.54, 1.807) is 18.5 Å². The predicted molar refractivity (Wildman–Crippen MR) is 69.9 cm³/mol. The number of nitrogens with zero attached hydrogens (tertiary/aromatic N) is 2. The third kappa shape index (κ3) is 2.88. The molecule has 1 amide bonds. The number of carbonyl (C=O) groups excluding carboxylic acids is 1. The van der Waals surface area contributed by atoms with Crippen molar-refractivity contribution < 1.29 is 4.79 Å². The summed E-state index contributed by atoms with van der Waals surface area (Å²) in [6.07, 6.45) is 4.32. The van der Waals surface area contributed by atoms with E-state index in [-0.39, 0.29) is 5.91 Å². The lowest BCUT2D eigenvalue weighted by Gasteiger charge is -2.15. The zero-order valence-corrected chi connectivity index (χ0v) is 10.5. The second-order valence-corrected chi connectivity index (χ2v) is 4.61. The van der Waals surface area contributed by atoms with Crippen LogP contribution in [0.15, 0.2) is 18.5 Å². The van der Waals surface area contributed by atoms with Gasteiger partial charge in [0.2, 0.25) is 0 Å². The molecule has 0 bridgehead atoms. The van der Waals surface area contributed by atoms with Crippen molar-refractivity contribution >= 4 is 5.91 Å². The van der Waals surface area contributed by atoms with Crippen LogP contribution in [0.2, 0.25) is 0 Å². The summed E-state index contributed by atoms with van der Waals surface area (Å²) >= 11 is 0. The molecule has 1 atom stereocenters. The molecule has 1 aliphatic heterocycles. The molecule has 1 fully saturated rings. The van der Waals surface area contributed by atoms with Gasteiger partial charge in [0, 0.05) is 31.0 Å². The average Bonchev–Trinajstić information content (AvgIpc) is 2.82. The van der Waals surface area contributed by atoms with Gasteiger partial charge in [0.05, 0.1) is 12.1 Å². The van der Waals surface area contributed by atoms with E-state index in [9.17, 15) is 4.79 Å². The van der Waals surface area contributed by atoms with Gasteiger partial charge in [-0.05, 0) is 18.4 Å². The molecule has 0 radical (unpaired) electrons.